The van der Waals surface area contributed by atoms with Gasteiger partial charge >= 0.3 is 0 Å². The third-order valence-corrected chi connectivity index (χ3v) is 1.18. The van der Waals surface area contributed by atoms with Crippen LogP contribution in [-0.2, 0) is 6.54 Å². The van der Waals surface area contributed by atoms with Crippen molar-refractivity contribution >= 4 is 6.01 Å². The van der Waals surface area contributed by atoms with Crippen LogP contribution in [0.1, 0.15) is 5.56 Å². The summed E-state index contributed by atoms with van der Waals surface area (Å²) in [6, 6.07) is 11.8. The molecule has 0 aliphatic carbocycles. The summed E-state index contributed by atoms with van der Waals surface area (Å²) >= 11 is 0. The Kier molecular flexibility index (Phi) is 2.41. The van der Waals surface area contributed by atoms with Gasteiger partial charge in [0.1, 0.15) is 0 Å². The predicted octanol–water partition coefficient (Wildman–Crippen LogP) is 1.94. The third kappa shape index (κ3) is 1.84. The van der Waals surface area contributed by atoms with Gasteiger partial charge in [-0.3, -0.25) is 0 Å². The van der Waals surface area contributed by atoms with Gasteiger partial charge in [0.25, 0.3) is 0 Å². The van der Waals surface area contributed by atoms with Gasteiger partial charge in [-0.1, -0.05) is 30.3 Å². The number of benzene rings is 1. The summed E-state index contributed by atoms with van der Waals surface area (Å²) in [4.78, 5) is 3.66. The molecule has 10 heavy (non-hydrogen) atoms. The molecule has 0 radical (unpaired) electrons. The van der Waals surface area contributed by atoms with Crippen molar-refractivity contribution in [2.75, 3.05) is 0 Å². The van der Waals surface area contributed by atoms with Gasteiger partial charge in [-0.25, -0.2) is 10.4 Å². The zero-order valence-electron chi connectivity index (χ0n) is 5.54. The molecule has 1 rings (SSSR count). The van der Waals surface area contributed by atoms with Crippen LogP contribution in [0.2, 0.25) is 0 Å². The number of hydrogen-bond acceptors (Lipinski definition) is 2. The Hall–Kier alpha value is -1.40. The lowest BCUT2D eigenvalue weighted by atomic mass is 10.2. The molecule has 2 heteroatoms. The van der Waals surface area contributed by atoms with E-state index in [4.69, 9.17) is 5.41 Å². The predicted molar refractivity (Wildman–Crippen MR) is 40.3 cm³/mol. The van der Waals surface area contributed by atoms with Crippen molar-refractivity contribution in [3.63, 3.8) is 0 Å². The number of rotatable bonds is 2. The SMILES string of the molecule is N=C=NCc1ccccc1. The summed E-state index contributed by atoms with van der Waals surface area (Å²) < 4.78 is 0. The fourth-order valence-corrected chi connectivity index (χ4v) is 0.714. The summed E-state index contributed by atoms with van der Waals surface area (Å²) in [6.45, 7) is 0.560. The monoisotopic (exact) mass is 132 g/mol. The average molecular weight is 132 g/mol. The van der Waals surface area contributed by atoms with Gasteiger partial charge in [-0.2, -0.15) is 0 Å². The van der Waals surface area contributed by atoms with Crippen LogP contribution in [0.25, 0.3) is 0 Å². The first-order valence-electron chi connectivity index (χ1n) is 3.05. The minimum Gasteiger partial charge on any atom is -0.242 e. The molecule has 0 aromatic heterocycles. The number of aliphatic imine (C=N–C) groups is 1. The van der Waals surface area contributed by atoms with E-state index in [1.54, 1.807) is 0 Å². The Balaban J connectivity index is 2.67. The van der Waals surface area contributed by atoms with Crippen molar-refractivity contribution in [3.8, 4) is 0 Å². The average Bonchev–Trinajstić information content (AvgIpc) is 2.03. The molecule has 1 aromatic carbocycles. The van der Waals surface area contributed by atoms with Crippen molar-refractivity contribution in [1.29, 1.82) is 5.41 Å². The molecule has 0 amide bonds. The Labute approximate surface area is 59.7 Å². The minimum absolute atomic E-state index is 0.560. The van der Waals surface area contributed by atoms with Crippen molar-refractivity contribution in [2.45, 2.75) is 6.54 Å². The highest BCUT2D eigenvalue weighted by atomic mass is 14.7. The molecule has 0 heterocycles. The molecule has 0 unspecified atom stereocenters. The Morgan fingerprint density at radius 3 is 2.60 bits per heavy atom. The first-order chi connectivity index (χ1) is 4.93. The molecule has 0 aliphatic rings. The maximum absolute atomic E-state index is 6.54. The normalized spacial score (nSPS) is 8.40. The lowest BCUT2D eigenvalue weighted by Gasteiger charge is -1.90. The fraction of sp³-hybridized carbons (Fsp3) is 0.125. The van der Waals surface area contributed by atoms with E-state index in [9.17, 15) is 0 Å². The Bertz CT molecular complexity index is 235. The molecule has 0 aliphatic heterocycles. The summed E-state index contributed by atoms with van der Waals surface area (Å²) in [5.41, 5.74) is 1.11. The lowest BCUT2D eigenvalue weighted by Crippen LogP contribution is -1.77. The smallest absolute Gasteiger partial charge is 0.0865 e. The molecule has 0 spiro atoms. The third-order valence-electron chi connectivity index (χ3n) is 1.18. The molecule has 0 saturated heterocycles. The first kappa shape index (κ1) is 6.72. The van der Waals surface area contributed by atoms with E-state index in [0.717, 1.165) is 5.56 Å². The highest BCUT2D eigenvalue weighted by Gasteiger charge is 1.84. The molecule has 0 fully saturated rings. The largest absolute Gasteiger partial charge is 0.242 e. The molecular weight excluding hydrogens is 124 g/mol. The van der Waals surface area contributed by atoms with E-state index >= 15 is 0 Å². The molecule has 0 saturated carbocycles. The summed E-state index contributed by atoms with van der Waals surface area (Å²) in [5, 5.41) is 6.54. The van der Waals surface area contributed by atoms with Crippen LogP contribution in [-0.4, -0.2) is 6.01 Å². The van der Waals surface area contributed by atoms with Crippen molar-refractivity contribution in [2.24, 2.45) is 4.99 Å². The van der Waals surface area contributed by atoms with Crippen molar-refractivity contribution in [3.05, 3.63) is 35.9 Å². The topological polar surface area (TPSA) is 36.2 Å². The van der Waals surface area contributed by atoms with Crippen molar-refractivity contribution in [1.82, 2.24) is 0 Å². The quantitative estimate of drug-likeness (QED) is 0.597. The van der Waals surface area contributed by atoms with Gasteiger partial charge in [0, 0.05) is 0 Å². The van der Waals surface area contributed by atoms with E-state index in [1.807, 2.05) is 36.3 Å². The van der Waals surface area contributed by atoms with Crippen molar-refractivity contribution < 1.29 is 0 Å². The second-order valence-corrected chi connectivity index (χ2v) is 1.91. The molecule has 50 valence electrons. The Morgan fingerprint density at radius 1 is 1.30 bits per heavy atom. The second kappa shape index (κ2) is 3.59. The highest BCUT2D eigenvalue weighted by Crippen LogP contribution is 1.98. The Morgan fingerprint density at radius 2 is 2.00 bits per heavy atom. The maximum atomic E-state index is 6.54. The number of nitrogens with one attached hydrogen (secondary N) is 1. The lowest BCUT2D eigenvalue weighted by molar-refractivity contribution is 1.07. The van der Waals surface area contributed by atoms with Crippen LogP contribution in [0.5, 0.6) is 0 Å². The highest BCUT2D eigenvalue weighted by molar-refractivity contribution is 5.36. The first-order valence-corrected chi connectivity index (χ1v) is 3.05. The van der Waals surface area contributed by atoms with Gasteiger partial charge in [0.15, 0.2) is 0 Å². The zero-order valence-corrected chi connectivity index (χ0v) is 5.54. The zero-order chi connectivity index (χ0) is 7.23. The van der Waals surface area contributed by atoms with Gasteiger partial charge < -0.3 is 0 Å². The number of nitrogens with zero attached hydrogens (tertiary/aromatic N) is 1. The minimum atomic E-state index is 0.560. The summed E-state index contributed by atoms with van der Waals surface area (Å²) in [6.07, 6.45) is 0. The van der Waals surface area contributed by atoms with Gasteiger partial charge in [-0.15, -0.1) is 0 Å². The van der Waals surface area contributed by atoms with Crippen LogP contribution in [0, 0.1) is 5.41 Å². The molecule has 0 atom stereocenters. The van der Waals surface area contributed by atoms with E-state index in [-0.39, 0.29) is 0 Å². The second-order valence-electron chi connectivity index (χ2n) is 1.91. The van der Waals surface area contributed by atoms with Gasteiger partial charge in [0.05, 0.1) is 12.6 Å². The maximum Gasteiger partial charge on any atom is 0.0865 e. The molecule has 2 nitrogen and oxygen atoms in total. The van der Waals surface area contributed by atoms with Gasteiger partial charge in [-0.05, 0) is 5.56 Å². The van der Waals surface area contributed by atoms with Crippen LogP contribution >= 0.6 is 0 Å². The van der Waals surface area contributed by atoms with Crippen LogP contribution in [0.15, 0.2) is 35.3 Å². The molecular formula is C8H8N2. The van der Waals surface area contributed by atoms with E-state index in [2.05, 4.69) is 4.99 Å². The van der Waals surface area contributed by atoms with Crippen LogP contribution < -0.4 is 0 Å². The fourth-order valence-electron chi connectivity index (χ4n) is 0.714. The van der Waals surface area contributed by atoms with Crippen LogP contribution in [0.3, 0.4) is 0 Å². The summed E-state index contributed by atoms with van der Waals surface area (Å²) in [7, 11) is 0. The van der Waals surface area contributed by atoms with E-state index in [1.165, 1.54) is 0 Å². The van der Waals surface area contributed by atoms with E-state index in [0.29, 0.717) is 6.54 Å². The molecule has 1 aromatic rings. The standard InChI is InChI=1S/C8H8N2/c9-7-10-6-8-4-2-1-3-5-8/h1-5,9H,6H2. The molecule has 1 N–H and O–H groups in total. The van der Waals surface area contributed by atoms with Gasteiger partial charge in [0.2, 0.25) is 0 Å². The molecule has 0 bridgehead atoms. The summed E-state index contributed by atoms with van der Waals surface area (Å²) in [5.74, 6) is 0. The number of hydrogen-bond donors (Lipinski definition) is 1. The van der Waals surface area contributed by atoms with Crippen LogP contribution in [0.4, 0.5) is 0 Å². The van der Waals surface area contributed by atoms with E-state index < -0.39 is 0 Å².